The van der Waals surface area contributed by atoms with E-state index in [4.69, 9.17) is 0 Å². The average Bonchev–Trinajstić information content (AvgIpc) is 2.90. The average molecular weight is 291 g/mol. The fourth-order valence-electron chi connectivity index (χ4n) is 2.63. The van der Waals surface area contributed by atoms with Gasteiger partial charge in [0.25, 0.3) is 0 Å². The van der Waals surface area contributed by atoms with Gasteiger partial charge in [0.15, 0.2) is 0 Å². The van der Waals surface area contributed by atoms with Crippen LogP contribution in [-0.4, -0.2) is 32.5 Å². The minimum Gasteiger partial charge on any atom is -0.315 e. The molecule has 2 N–H and O–H groups in total. The molecule has 0 spiro atoms. The Hall–Kier alpha value is -1.50. The van der Waals surface area contributed by atoms with Crippen molar-refractivity contribution in [1.29, 1.82) is 0 Å². The predicted octanol–water partition coefficient (Wildman–Crippen LogP) is 1.18. The molecule has 1 aromatic heterocycles. The van der Waals surface area contributed by atoms with Crippen LogP contribution >= 0.6 is 0 Å². The number of aromatic nitrogens is 1. The second kappa shape index (κ2) is 5.12. The van der Waals surface area contributed by atoms with Crippen LogP contribution in [0.3, 0.4) is 0 Å². The van der Waals surface area contributed by atoms with E-state index in [2.05, 4.69) is 15.0 Å². The quantitative estimate of drug-likeness (QED) is 0.891. The third-order valence-electron chi connectivity index (χ3n) is 3.61. The van der Waals surface area contributed by atoms with E-state index in [0.29, 0.717) is 11.4 Å². The van der Waals surface area contributed by atoms with E-state index in [0.717, 1.165) is 29.3 Å². The summed E-state index contributed by atoms with van der Waals surface area (Å²) < 4.78 is 28.0. The number of nitrogens with one attached hydrogen (secondary N) is 2. The Bertz CT molecular complexity index is 732. The topological polar surface area (TPSA) is 71.1 Å². The molecule has 1 aliphatic heterocycles. The van der Waals surface area contributed by atoms with Crippen LogP contribution in [0.15, 0.2) is 35.5 Å². The molecule has 1 atom stereocenters. The predicted molar refractivity (Wildman–Crippen MR) is 78.1 cm³/mol. The number of rotatable bonds is 3. The van der Waals surface area contributed by atoms with Gasteiger partial charge in [0, 0.05) is 35.8 Å². The van der Waals surface area contributed by atoms with Crippen LogP contribution in [0.25, 0.3) is 10.8 Å². The molecule has 3 rings (SSSR count). The van der Waals surface area contributed by atoms with E-state index in [-0.39, 0.29) is 6.04 Å². The van der Waals surface area contributed by atoms with Crippen molar-refractivity contribution in [3.05, 3.63) is 36.2 Å². The molecule has 1 aliphatic rings. The lowest BCUT2D eigenvalue weighted by molar-refractivity contribution is 0.561. The highest BCUT2D eigenvalue weighted by Crippen LogP contribution is 2.25. The molecule has 6 heteroatoms. The lowest BCUT2D eigenvalue weighted by atomic mass is 10.1. The lowest BCUT2D eigenvalue weighted by Crippen LogP contribution is -2.36. The van der Waals surface area contributed by atoms with Crippen molar-refractivity contribution in [2.24, 2.45) is 0 Å². The molecule has 1 fully saturated rings. The maximum absolute atomic E-state index is 12.6. The first-order chi connectivity index (χ1) is 9.58. The van der Waals surface area contributed by atoms with E-state index < -0.39 is 10.0 Å². The smallest absolute Gasteiger partial charge is 0.241 e. The van der Waals surface area contributed by atoms with Crippen LogP contribution in [-0.2, 0) is 10.0 Å². The van der Waals surface area contributed by atoms with Gasteiger partial charge in [0.05, 0.1) is 4.90 Å². The number of nitrogens with zero attached hydrogens (tertiary/aromatic N) is 1. The zero-order valence-corrected chi connectivity index (χ0v) is 12.1. The molecule has 106 valence electrons. The molecular weight excluding hydrogens is 274 g/mol. The van der Waals surface area contributed by atoms with Crippen molar-refractivity contribution in [3.63, 3.8) is 0 Å². The largest absolute Gasteiger partial charge is 0.315 e. The fourth-order valence-corrected chi connectivity index (χ4v) is 4.21. The minimum atomic E-state index is -3.51. The number of sulfonamides is 1. The maximum Gasteiger partial charge on any atom is 0.241 e. The Morgan fingerprint density at radius 3 is 2.95 bits per heavy atom. The molecular formula is C14H17N3O2S. The third-order valence-corrected chi connectivity index (χ3v) is 5.17. The lowest BCUT2D eigenvalue weighted by Gasteiger charge is -2.14. The molecule has 2 heterocycles. The van der Waals surface area contributed by atoms with Gasteiger partial charge in [0.1, 0.15) is 0 Å². The summed E-state index contributed by atoms with van der Waals surface area (Å²) in [4.78, 5) is 4.45. The first-order valence-electron chi connectivity index (χ1n) is 6.64. The Morgan fingerprint density at radius 1 is 1.35 bits per heavy atom. The van der Waals surface area contributed by atoms with E-state index in [9.17, 15) is 8.42 Å². The number of pyridine rings is 1. The summed E-state index contributed by atoms with van der Waals surface area (Å²) in [6.45, 7) is 3.42. The number of fused-ring (bicyclic) bond motifs is 1. The summed E-state index contributed by atoms with van der Waals surface area (Å²) in [5.41, 5.74) is 0.869. The van der Waals surface area contributed by atoms with Gasteiger partial charge in [-0.1, -0.05) is 12.1 Å². The molecule has 1 aromatic carbocycles. The Morgan fingerprint density at radius 2 is 2.20 bits per heavy atom. The van der Waals surface area contributed by atoms with Crippen molar-refractivity contribution in [2.75, 3.05) is 13.1 Å². The van der Waals surface area contributed by atoms with Crippen LogP contribution in [0.4, 0.5) is 0 Å². The molecule has 0 amide bonds. The SMILES string of the molecule is Cc1cncc2cccc(S(=O)(=O)N[C@H]3CCNC3)c12. The number of hydrogen-bond acceptors (Lipinski definition) is 4. The number of aryl methyl sites for hydroxylation is 1. The first-order valence-corrected chi connectivity index (χ1v) is 8.12. The number of benzene rings is 1. The molecule has 1 saturated heterocycles. The standard InChI is InChI=1S/C14H17N3O2S/c1-10-7-16-8-11-3-2-4-13(14(10)11)20(18,19)17-12-5-6-15-9-12/h2-4,7-8,12,15,17H,5-6,9H2,1H3/t12-/m0/s1. The fraction of sp³-hybridized carbons (Fsp3) is 0.357. The van der Waals surface area contributed by atoms with E-state index in [1.165, 1.54) is 0 Å². The molecule has 0 radical (unpaired) electrons. The van der Waals surface area contributed by atoms with Crippen LogP contribution in [0.2, 0.25) is 0 Å². The first kappa shape index (κ1) is 13.5. The van der Waals surface area contributed by atoms with E-state index >= 15 is 0 Å². The Balaban J connectivity index is 2.09. The van der Waals surface area contributed by atoms with Crippen LogP contribution in [0.5, 0.6) is 0 Å². The van der Waals surface area contributed by atoms with Crippen LogP contribution in [0, 0.1) is 6.92 Å². The van der Waals surface area contributed by atoms with Crippen molar-refractivity contribution in [3.8, 4) is 0 Å². The second-order valence-corrected chi connectivity index (χ2v) is 6.80. The summed E-state index contributed by atoms with van der Waals surface area (Å²) in [6.07, 6.45) is 4.21. The minimum absolute atomic E-state index is 0.0302. The van der Waals surface area contributed by atoms with Gasteiger partial charge < -0.3 is 5.32 Å². The number of hydrogen-bond donors (Lipinski definition) is 2. The summed E-state index contributed by atoms with van der Waals surface area (Å²) in [5, 5.41) is 4.75. The second-order valence-electron chi connectivity index (χ2n) is 5.12. The zero-order chi connectivity index (χ0) is 14.2. The van der Waals surface area contributed by atoms with Crippen LogP contribution < -0.4 is 10.0 Å². The van der Waals surface area contributed by atoms with Crippen molar-refractivity contribution < 1.29 is 8.42 Å². The Labute approximate surface area is 118 Å². The normalized spacial score (nSPS) is 19.6. The summed E-state index contributed by atoms with van der Waals surface area (Å²) in [6, 6.07) is 5.26. The van der Waals surface area contributed by atoms with Crippen molar-refractivity contribution in [2.45, 2.75) is 24.3 Å². The van der Waals surface area contributed by atoms with Gasteiger partial charge in [-0.05, 0) is 31.5 Å². The molecule has 20 heavy (non-hydrogen) atoms. The van der Waals surface area contributed by atoms with Gasteiger partial charge >= 0.3 is 0 Å². The van der Waals surface area contributed by atoms with Crippen molar-refractivity contribution >= 4 is 20.8 Å². The highest BCUT2D eigenvalue weighted by Gasteiger charge is 2.24. The van der Waals surface area contributed by atoms with Gasteiger partial charge in [-0.3, -0.25) is 4.98 Å². The Kier molecular flexibility index (Phi) is 3.45. The highest BCUT2D eigenvalue weighted by molar-refractivity contribution is 7.89. The molecule has 0 saturated carbocycles. The van der Waals surface area contributed by atoms with Gasteiger partial charge in [-0.2, -0.15) is 0 Å². The maximum atomic E-state index is 12.6. The van der Waals surface area contributed by atoms with E-state index in [1.807, 2.05) is 13.0 Å². The highest BCUT2D eigenvalue weighted by atomic mass is 32.2. The molecule has 5 nitrogen and oxygen atoms in total. The molecule has 0 aliphatic carbocycles. The van der Waals surface area contributed by atoms with Crippen molar-refractivity contribution in [1.82, 2.24) is 15.0 Å². The summed E-state index contributed by atoms with van der Waals surface area (Å²) >= 11 is 0. The zero-order valence-electron chi connectivity index (χ0n) is 11.3. The van der Waals surface area contributed by atoms with Crippen LogP contribution in [0.1, 0.15) is 12.0 Å². The molecule has 0 bridgehead atoms. The summed E-state index contributed by atoms with van der Waals surface area (Å²) in [7, 11) is -3.51. The molecule has 0 unspecified atom stereocenters. The van der Waals surface area contributed by atoms with Gasteiger partial charge in [-0.15, -0.1) is 0 Å². The third kappa shape index (κ3) is 2.42. The molecule has 2 aromatic rings. The van der Waals surface area contributed by atoms with Gasteiger partial charge in [0.2, 0.25) is 10.0 Å². The van der Waals surface area contributed by atoms with Gasteiger partial charge in [-0.25, -0.2) is 13.1 Å². The van der Waals surface area contributed by atoms with E-state index in [1.54, 1.807) is 24.5 Å². The summed E-state index contributed by atoms with van der Waals surface area (Å²) in [5.74, 6) is 0. The monoisotopic (exact) mass is 291 g/mol.